The molecule has 0 saturated carbocycles. The van der Waals surface area contributed by atoms with E-state index in [0.29, 0.717) is 32.4 Å². The zero-order chi connectivity index (χ0) is 16.0. The highest BCUT2D eigenvalue weighted by Gasteiger charge is 2.50. The molecule has 1 aromatic heterocycles. The molecule has 2 heterocycles. The molecule has 0 spiro atoms. The van der Waals surface area contributed by atoms with E-state index in [4.69, 9.17) is 22.4 Å². The molecule has 1 fully saturated rings. The summed E-state index contributed by atoms with van der Waals surface area (Å²) >= 11 is 6.74. The van der Waals surface area contributed by atoms with E-state index in [0.717, 1.165) is 17.8 Å². The van der Waals surface area contributed by atoms with Crippen LogP contribution >= 0.6 is 35.3 Å². The molecule has 1 saturated heterocycles. The van der Waals surface area contributed by atoms with Crippen LogP contribution in [0, 0.1) is 0 Å². The maximum Gasteiger partial charge on any atom is 0.334 e. The summed E-state index contributed by atoms with van der Waals surface area (Å²) in [5, 5.41) is 18.2. The summed E-state index contributed by atoms with van der Waals surface area (Å²) in [5.74, 6) is -7.24. The molecule has 0 atom stereocenters. The lowest BCUT2D eigenvalue weighted by atomic mass is 10.1. The molecule has 4 nitrogen and oxygen atoms in total. The van der Waals surface area contributed by atoms with Crippen LogP contribution in [0.3, 0.4) is 0 Å². The Balaban J connectivity index is 2.30. The van der Waals surface area contributed by atoms with Crippen LogP contribution < -0.4 is 0 Å². The van der Waals surface area contributed by atoms with Crippen molar-refractivity contribution in [3.05, 3.63) is 26.8 Å². The molecule has 0 bridgehead atoms. The van der Waals surface area contributed by atoms with Crippen molar-refractivity contribution in [1.82, 2.24) is 4.90 Å². The maximum atomic E-state index is 13.8. The van der Waals surface area contributed by atoms with E-state index in [2.05, 4.69) is 0 Å². The van der Waals surface area contributed by atoms with Gasteiger partial charge in [0.05, 0.1) is 9.78 Å². The third-order valence-corrected chi connectivity index (χ3v) is 5.38. The van der Waals surface area contributed by atoms with Gasteiger partial charge in [-0.05, 0) is 25.1 Å². The van der Waals surface area contributed by atoms with E-state index >= 15 is 0 Å². The molecule has 114 valence electrons. The van der Waals surface area contributed by atoms with Gasteiger partial charge in [-0.3, -0.25) is 9.69 Å². The molecule has 9 heteroatoms. The predicted molar refractivity (Wildman–Crippen MR) is 82.0 cm³/mol. The first-order valence-corrected chi connectivity index (χ1v) is 7.72. The largest absolute Gasteiger partial charge is 0.361 e. The SMILES string of the molecule is CN1C(=O)/C(=C/c2ccc(C(F)(F)C(C)(O)O)s2)SC1=S. The highest BCUT2D eigenvalue weighted by molar-refractivity contribution is 8.26. The monoisotopic (exact) mass is 351 g/mol. The Labute approximate surface area is 133 Å². The molecule has 0 aliphatic carbocycles. The van der Waals surface area contributed by atoms with Crippen LogP contribution in [0.5, 0.6) is 0 Å². The molecule has 2 rings (SSSR count). The van der Waals surface area contributed by atoms with Crippen LogP contribution in [0.25, 0.3) is 6.08 Å². The Morgan fingerprint density at radius 3 is 2.48 bits per heavy atom. The van der Waals surface area contributed by atoms with Gasteiger partial charge in [0.25, 0.3) is 5.91 Å². The van der Waals surface area contributed by atoms with Crippen molar-refractivity contribution in [1.29, 1.82) is 0 Å². The van der Waals surface area contributed by atoms with Crippen molar-refractivity contribution in [2.24, 2.45) is 0 Å². The summed E-state index contributed by atoms with van der Waals surface area (Å²) in [5.41, 5.74) is 0. The van der Waals surface area contributed by atoms with Gasteiger partial charge in [0, 0.05) is 11.9 Å². The average molecular weight is 351 g/mol. The highest BCUT2D eigenvalue weighted by Crippen LogP contribution is 2.42. The molecule has 2 N–H and O–H groups in total. The number of aliphatic hydroxyl groups is 2. The molecular weight excluding hydrogens is 340 g/mol. The van der Waals surface area contributed by atoms with Gasteiger partial charge >= 0.3 is 5.92 Å². The molecule has 1 aliphatic heterocycles. The number of nitrogens with zero attached hydrogens (tertiary/aromatic N) is 1. The van der Waals surface area contributed by atoms with Gasteiger partial charge in [-0.2, -0.15) is 8.78 Å². The minimum Gasteiger partial charge on any atom is -0.361 e. The third kappa shape index (κ3) is 3.02. The van der Waals surface area contributed by atoms with E-state index in [1.807, 2.05) is 0 Å². The summed E-state index contributed by atoms with van der Waals surface area (Å²) in [7, 11) is 1.54. The van der Waals surface area contributed by atoms with Gasteiger partial charge in [-0.1, -0.05) is 24.0 Å². The van der Waals surface area contributed by atoms with Crippen molar-refractivity contribution in [2.75, 3.05) is 7.05 Å². The number of halogens is 2. The third-order valence-electron chi connectivity index (χ3n) is 2.79. The van der Waals surface area contributed by atoms with Crippen LogP contribution in [-0.4, -0.2) is 38.2 Å². The van der Waals surface area contributed by atoms with Gasteiger partial charge < -0.3 is 10.2 Å². The Bertz CT molecular complexity index is 634. The quantitative estimate of drug-likeness (QED) is 0.497. The summed E-state index contributed by atoms with van der Waals surface area (Å²) in [6.07, 6.45) is 1.46. The number of hydrogen-bond acceptors (Lipinski definition) is 6. The number of alkyl halides is 2. The van der Waals surface area contributed by atoms with Gasteiger partial charge in [0.15, 0.2) is 0 Å². The summed E-state index contributed by atoms with van der Waals surface area (Å²) in [6, 6.07) is 2.50. The van der Waals surface area contributed by atoms with Gasteiger partial charge in [0.2, 0.25) is 5.79 Å². The molecule has 0 radical (unpaired) electrons. The normalized spacial score (nSPS) is 19.0. The molecule has 1 aliphatic rings. The van der Waals surface area contributed by atoms with Crippen molar-refractivity contribution in [3.8, 4) is 0 Å². The lowest BCUT2D eigenvalue weighted by Gasteiger charge is -2.26. The van der Waals surface area contributed by atoms with Crippen molar-refractivity contribution >= 4 is 51.6 Å². The fourth-order valence-corrected chi connectivity index (χ4v) is 3.78. The van der Waals surface area contributed by atoms with E-state index < -0.39 is 16.6 Å². The second-order valence-electron chi connectivity index (χ2n) is 4.54. The summed E-state index contributed by atoms with van der Waals surface area (Å²) in [6.45, 7) is 0.620. The first-order valence-electron chi connectivity index (χ1n) is 5.68. The highest BCUT2D eigenvalue weighted by atomic mass is 32.2. The van der Waals surface area contributed by atoms with Crippen LogP contribution in [0.15, 0.2) is 17.0 Å². The Kier molecular flexibility index (Phi) is 4.24. The smallest absolute Gasteiger partial charge is 0.334 e. The minimum absolute atomic E-state index is 0.291. The molecule has 21 heavy (non-hydrogen) atoms. The summed E-state index contributed by atoms with van der Waals surface area (Å²) in [4.78, 5) is 13.4. The van der Waals surface area contributed by atoms with Gasteiger partial charge in [0.1, 0.15) is 4.32 Å². The zero-order valence-electron chi connectivity index (χ0n) is 11.0. The van der Waals surface area contributed by atoms with E-state index in [9.17, 15) is 13.6 Å². The average Bonchev–Trinajstić information content (AvgIpc) is 2.91. The van der Waals surface area contributed by atoms with E-state index in [1.165, 1.54) is 24.1 Å². The molecule has 0 unspecified atom stereocenters. The maximum absolute atomic E-state index is 13.8. The predicted octanol–water partition coefficient (Wildman–Crippen LogP) is 2.37. The molecule has 0 aromatic carbocycles. The van der Waals surface area contributed by atoms with Crippen molar-refractivity contribution < 1.29 is 23.8 Å². The fourth-order valence-electron chi connectivity index (χ4n) is 1.51. The number of thioether (sulfide) groups is 1. The standard InChI is InChI=1S/C12H11F2NO3S3/c1-11(17,18)12(13,14)8-4-3-6(20-8)5-7-9(16)15(2)10(19)21-7/h3-5,17-18H,1-2H3/b7-5-. The summed E-state index contributed by atoms with van der Waals surface area (Å²) < 4.78 is 28.0. The van der Waals surface area contributed by atoms with Gasteiger partial charge in [-0.15, -0.1) is 11.3 Å². The lowest BCUT2D eigenvalue weighted by molar-refractivity contribution is -0.289. The number of rotatable bonds is 3. The number of thiophene rings is 1. The topological polar surface area (TPSA) is 60.8 Å². The van der Waals surface area contributed by atoms with Gasteiger partial charge in [-0.25, -0.2) is 0 Å². The Hall–Kier alpha value is -0.870. The Morgan fingerprint density at radius 2 is 2.00 bits per heavy atom. The lowest BCUT2D eigenvalue weighted by Crippen LogP contribution is -2.42. The van der Waals surface area contributed by atoms with E-state index in [-0.39, 0.29) is 5.91 Å². The fraction of sp³-hybridized carbons (Fsp3) is 0.333. The molecule has 1 amide bonds. The number of carbonyl (C=O) groups excluding carboxylic acids is 1. The van der Waals surface area contributed by atoms with E-state index in [1.54, 1.807) is 0 Å². The van der Waals surface area contributed by atoms with Crippen LogP contribution in [0.1, 0.15) is 16.7 Å². The van der Waals surface area contributed by atoms with Crippen LogP contribution in [-0.2, 0) is 10.7 Å². The number of hydrogen-bond donors (Lipinski definition) is 2. The van der Waals surface area contributed by atoms with Crippen LogP contribution in [0.4, 0.5) is 8.78 Å². The molecular formula is C12H11F2NO3S3. The second-order valence-corrected chi connectivity index (χ2v) is 7.33. The van der Waals surface area contributed by atoms with Crippen molar-refractivity contribution in [2.45, 2.75) is 18.6 Å². The Morgan fingerprint density at radius 1 is 1.38 bits per heavy atom. The van der Waals surface area contributed by atoms with Crippen LogP contribution in [0.2, 0.25) is 0 Å². The molecule has 1 aromatic rings. The first kappa shape index (κ1) is 16.5. The number of carbonyl (C=O) groups is 1. The number of likely N-dealkylation sites (N-methyl/N-ethyl adjacent to an activating group) is 1. The number of amides is 1. The minimum atomic E-state index is -3.80. The second kappa shape index (κ2) is 5.40. The first-order chi connectivity index (χ1) is 9.54. The van der Waals surface area contributed by atoms with Crippen molar-refractivity contribution in [3.63, 3.8) is 0 Å². The number of thiocarbonyl (C=S) groups is 1. The zero-order valence-corrected chi connectivity index (χ0v) is 13.4.